The third-order valence-corrected chi connectivity index (χ3v) is 2.59. The minimum Gasteiger partial charge on any atom is -0.482 e. The molecule has 2 N–H and O–H groups in total. The Bertz CT molecular complexity index is 473. The number of carboxylic acid groups (broad SMARTS) is 1. The zero-order valence-electron chi connectivity index (χ0n) is 11.6. The van der Waals surface area contributed by atoms with Crippen molar-refractivity contribution in [3.63, 3.8) is 0 Å². The van der Waals surface area contributed by atoms with Crippen molar-refractivity contribution in [1.82, 2.24) is 0 Å². The second-order valence-electron chi connectivity index (χ2n) is 4.30. The number of aliphatic carboxylic acids is 1. The molecule has 0 fully saturated rings. The van der Waals surface area contributed by atoms with Crippen LogP contribution in [-0.4, -0.2) is 37.3 Å². The van der Waals surface area contributed by atoms with Gasteiger partial charge in [-0.05, 0) is 37.1 Å². The summed E-state index contributed by atoms with van der Waals surface area (Å²) in [5, 5.41) is 11.3. The number of nitrogens with one attached hydrogen (secondary N) is 1. The maximum atomic E-state index is 11.7. The van der Waals surface area contributed by atoms with Crippen molar-refractivity contribution < 1.29 is 24.2 Å². The number of benzene rings is 1. The number of methoxy groups -OCH3 is 1. The number of carbonyl (C=O) groups is 2. The van der Waals surface area contributed by atoms with Gasteiger partial charge < -0.3 is 19.9 Å². The second kappa shape index (κ2) is 8.16. The fraction of sp³-hybridized carbons (Fsp3) is 0.429. The molecule has 0 heterocycles. The van der Waals surface area contributed by atoms with Crippen molar-refractivity contribution in [2.24, 2.45) is 0 Å². The summed E-state index contributed by atoms with van der Waals surface area (Å²) in [5.74, 6) is -0.648. The smallest absolute Gasteiger partial charge is 0.341 e. The molecule has 1 rings (SSSR count). The first-order valence-corrected chi connectivity index (χ1v) is 6.27. The Morgan fingerprint density at radius 1 is 1.35 bits per heavy atom. The first-order valence-electron chi connectivity index (χ1n) is 6.27. The summed E-state index contributed by atoms with van der Waals surface area (Å²) in [7, 11) is 1.60. The molecule has 6 nitrogen and oxygen atoms in total. The molecule has 0 aliphatic carbocycles. The van der Waals surface area contributed by atoms with E-state index in [4.69, 9.17) is 14.6 Å². The lowest BCUT2D eigenvalue weighted by Gasteiger charge is -2.10. The number of hydrogen-bond acceptors (Lipinski definition) is 4. The molecule has 0 saturated carbocycles. The first kappa shape index (κ1) is 16.0. The van der Waals surface area contributed by atoms with Crippen LogP contribution in [0.15, 0.2) is 18.2 Å². The van der Waals surface area contributed by atoms with Crippen molar-refractivity contribution in [2.45, 2.75) is 19.8 Å². The number of carboxylic acids is 1. The third-order valence-electron chi connectivity index (χ3n) is 2.59. The van der Waals surface area contributed by atoms with E-state index in [2.05, 4.69) is 5.32 Å². The van der Waals surface area contributed by atoms with E-state index >= 15 is 0 Å². The van der Waals surface area contributed by atoms with Crippen LogP contribution >= 0.6 is 0 Å². The van der Waals surface area contributed by atoms with Gasteiger partial charge in [-0.15, -0.1) is 0 Å². The van der Waals surface area contributed by atoms with Gasteiger partial charge in [0.25, 0.3) is 0 Å². The van der Waals surface area contributed by atoms with E-state index in [0.29, 0.717) is 30.9 Å². The molecule has 0 bridgehead atoms. The Hall–Kier alpha value is -2.08. The van der Waals surface area contributed by atoms with E-state index in [9.17, 15) is 9.59 Å². The third kappa shape index (κ3) is 5.71. The highest BCUT2D eigenvalue weighted by molar-refractivity contribution is 5.91. The van der Waals surface area contributed by atoms with Gasteiger partial charge in [0.05, 0.1) is 0 Å². The molecule has 0 aromatic heterocycles. The lowest BCUT2D eigenvalue weighted by Crippen LogP contribution is -2.13. The summed E-state index contributed by atoms with van der Waals surface area (Å²) in [6.45, 7) is 1.98. The maximum Gasteiger partial charge on any atom is 0.341 e. The zero-order chi connectivity index (χ0) is 15.0. The molecule has 0 atom stereocenters. The highest BCUT2D eigenvalue weighted by Gasteiger charge is 2.06. The Morgan fingerprint density at radius 3 is 2.70 bits per heavy atom. The lowest BCUT2D eigenvalue weighted by molar-refractivity contribution is -0.139. The van der Waals surface area contributed by atoms with Crippen LogP contribution in [0, 0.1) is 6.92 Å². The summed E-state index contributed by atoms with van der Waals surface area (Å²) in [4.78, 5) is 22.1. The Balaban J connectivity index is 2.54. The highest BCUT2D eigenvalue weighted by Crippen LogP contribution is 2.21. The minimum absolute atomic E-state index is 0.0793. The zero-order valence-corrected chi connectivity index (χ0v) is 11.6. The Kier molecular flexibility index (Phi) is 6.52. The molecule has 0 spiro atoms. The van der Waals surface area contributed by atoms with E-state index in [0.717, 1.165) is 5.56 Å². The number of ether oxygens (including phenoxy) is 2. The quantitative estimate of drug-likeness (QED) is 0.710. The normalized spacial score (nSPS) is 10.1. The molecular weight excluding hydrogens is 262 g/mol. The average Bonchev–Trinajstić information content (AvgIpc) is 2.39. The lowest BCUT2D eigenvalue weighted by atomic mass is 10.2. The van der Waals surface area contributed by atoms with E-state index in [1.807, 2.05) is 6.92 Å². The van der Waals surface area contributed by atoms with Crippen molar-refractivity contribution in [3.05, 3.63) is 23.8 Å². The van der Waals surface area contributed by atoms with Crippen molar-refractivity contribution in [2.75, 3.05) is 25.6 Å². The van der Waals surface area contributed by atoms with Gasteiger partial charge in [0.1, 0.15) is 5.75 Å². The predicted octanol–water partition coefficient (Wildman–Crippen LogP) is 1.82. The standard InChI is InChI=1S/C14H19NO5/c1-10-8-11(20-9-14(17)18)5-6-12(10)15-13(16)4-3-7-19-2/h5-6,8H,3-4,7,9H2,1-2H3,(H,15,16)(H,17,18). The fourth-order valence-corrected chi connectivity index (χ4v) is 1.60. The molecule has 1 aromatic rings. The van der Waals surface area contributed by atoms with Crippen LogP contribution in [0.3, 0.4) is 0 Å². The van der Waals surface area contributed by atoms with Gasteiger partial charge in [-0.25, -0.2) is 4.79 Å². The number of carbonyl (C=O) groups excluding carboxylic acids is 1. The molecular formula is C14H19NO5. The summed E-state index contributed by atoms with van der Waals surface area (Å²) in [5.41, 5.74) is 1.50. The Labute approximate surface area is 117 Å². The van der Waals surface area contributed by atoms with Crippen LogP contribution in [0.2, 0.25) is 0 Å². The van der Waals surface area contributed by atoms with Gasteiger partial charge in [0, 0.05) is 25.8 Å². The summed E-state index contributed by atoms with van der Waals surface area (Å²) < 4.78 is 9.94. The number of hydrogen-bond donors (Lipinski definition) is 2. The van der Waals surface area contributed by atoms with Gasteiger partial charge in [-0.1, -0.05) is 0 Å². The molecule has 20 heavy (non-hydrogen) atoms. The summed E-state index contributed by atoms with van der Waals surface area (Å²) in [6.07, 6.45) is 1.06. The molecule has 1 amide bonds. The van der Waals surface area contributed by atoms with Crippen LogP contribution in [0.4, 0.5) is 5.69 Å². The van der Waals surface area contributed by atoms with Crippen LogP contribution in [0.25, 0.3) is 0 Å². The molecule has 0 aliphatic rings. The van der Waals surface area contributed by atoms with E-state index < -0.39 is 5.97 Å². The second-order valence-corrected chi connectivity index (χ2v) is 4.30. The van der Waals surface area contributed by atoms with Crippen LogP contribution in [0.5, 0.6) is 5.75 Å². The summed E-state index contributed by atoms with van der Waals surface area (Å²) in [6, 6.07) is 5.01. The molecule has 6 heteroatoms. The largest absolute Gasteiger partial charge is 0.482 e. The van der Waals surface area contributed by atoms with Gasteiger partial charge in [-0.3, -0.25) is 4.79 Å². The van der Waals surface area contributed by atoms with Crippen molar-refractivity contribution in [1.29, 1.82) is 0 Å². The van der Waals surface area contributed by atoms with Crippen molar-refractivity contribution >= 4 is 17.6 Å². The van der Waals surface area contributed by atoms with E-state index in [-0.39, 0.29) is 12.5 Å². The number of amides is 1. The maximum absolute atomic E-state index is 11.7. The number of anilines is 1. The van der Waals surface area contributed by atoms with Crippen LogP contribution in [0.1, 0.15) is 18.4 Å². The molecule has 0 radical (unpaired) electrons. The van der Waals surface area contributed by atoms with E-state index in [1.54, 1.807) is 25.3 Å². The van der Waals surface area contributed by atoms with E-state index in [1.165, 1.54) is 0 Å². The van der Waals surface area contributed by atoms with Gasteiger partial charge in [0.2, 0.25) is 5.91 Å². The first-order chi connectivity index (χ1) is 9.52. The van der Waals surface area contributed by atoms with Crippen molar-refractivity contribution in [3.8, 4) is 5.75 Å². The fourth-order valence-electron chi connectivity index (χ4n) is 1.60. The van der Waals surface area contributed by atoms with Gasteiger partial charge in [-0.2, -0.15) is 0 Å². The van der Waals surface area contributed by atoms with Gasteiger partial charge in [0.15, 0.2) is 6.61 Å². The van der Waals surface area contributed by atoms with Crippen LogP contribution < -0.4 is 10.1 Å². The molecule has 0 unspecified atom stereocenters. The summed E-state index contributed by atoms with van der Waals surface area (Å²) >= 11 is 0. The SMILES string of the molecule is COCCCC(=O)Nc1ccc(OCC(=O)O)cc1C. The molecule has 110 valence electrons. The molecule has 0 saturated heterocycles. The topological polar surface area (TPSA) is 84.9 Å². The van der Waals surface area contributed by atoms with Crippen LogP contribution in [-0.2, 0) is 14.3 Å². The Morgan fingerprint density at radius 2 is 2.10 bits per heavy atom. The molecule has 0 aliphatic heterocycles. The van der Waals surface area contributed by atoms with Gasteiger partial charge >= 0.3 is 5.97 Å². The monoisotopic (exact) mass is 281 g/mol. The highest BCUT2D eigenvalue weighted by atomic mass is 16.5. The number of rotatable bonds is 8. The minimum atomic E-state index is -1.03. The predicted molar refractivity (Wildman–Crippen MR) is 74.0 cm³/mol. The average molecular weight is 281 g/mol. The number of aryl methyl sites for hydroxylation is 1. The molecule has 1 aromatic carbocycles.